The standard InChI is InChI=1S/C31H33ClN4O5/c1-21-16-28(40-29(37)33-18-22-10-13-26(14-11-22)34-30(38)41-31(2,3)4)35-36(21)19-24-17-25(32)12-15-27(24)39-20-23-8-6-5-7-9-23/h5-17H,18-20H2,1-4H3,(H,33,37)(H,34,38). The summed E-state index contributed by atoms with van der Waals surface area (Å²) < 4.78 is 18.4. The Morgan fingerprint density at radius 2 is 1.66 bits per heavy atom. The Bertz CT molecular complexity index is 1480. The first-order valence-corrected chi connectivity index (χ1v) is 13.5. The Hall–Kier alpha value is -4.50. The second-order valence-electron chi connectivity index (χ2n) is 10.4. The Kier molecular flexibility index (Phi) is 9.52. The molecule has 0 unspecified atom stereocenters. The lowest BCUT2D eigenvalue weighted by molar-refractivity contribution is 0.0636. The van der Waals surface area contributed by atoms with Gasteiger partial charge in [-0.05, 0) is 69.2 Å². The molecular weight excluding hydrogens is 544 g/mol. The van der Waals surface area contributed by atoms with Gasteiger partial charge in [-0.3, -0.25) is 10.00 Å². The van der Waals surface area contributed by atoms with Crippen LogP contribution >= 0.6 is 11.6 Å². The summed E-state index contributed by atoms with van der Waals surface area (Å²) in [6, 6.07) is 24.1. The highest BCUT2D eigenvalue weighted by Gasteiger charge is 2.16. The molecule has 41 heavy (non-hydrogen) atoms. The van der Waals surface area contributed by atoms with Crippen LogP contribution in [0.5, 0.6) is 11.6 Å². The first-order valence-electron chi connectivity index (χ1n) is 13.1. The topological polar surface area (TPSA) is 104 Å². The fourth-order valence-electron chi connectivity index (χ4n) is 3.83. The molecule has 0 aliphatic heterocycles. The van der Waals surface area contributed by atoms with Gasteiger partial charge in [0.1, 0.15) is 18.0 Å². The molecule has 2 N–H and O–H groups in total. The summed E-state index contributed by atoms with van der Waals surface area (Å²) in [4.78, 5) is 24.4. The molecule has 1 heterocycles. The highest BCUT2D eigenvalue weighted by Crippen LogP contribution is 2.26. The molecule has 0 fully saturated rings. The monoisotopic (exact) mass is 576 g/mol. The molecule has 0 saturated heterocycles. The van der Waals surface area contributed by atoms with Gasteiger partial charge in [0.15, 0.2) is 0 Å². The maximum absolute atomic E-state index is 12.4. The second-order valence-corrected chi connectivity index (χ2v) is 10.8. The van der Waals surface area contributed by atoms with Crippen molar-refractivity contribution < 1.29 is 23.8 Å². The summed E-state index contributed by atoms with van der Waals surface area (Å²) in [5, 5.41) is 10.4. The van der Waals surface area contributed by atoms with E-state index in [1.165, 1.54) is 0 Å². The minimum Gasteiger partial charge on any atom is -0.489 e. The van der Waals surface area contributed by atoms with Crippen molar-refractivity contribution in [2.75, 3.05) is 5.32 Å². The van der Waals surface area contributed by atoms with Gasteiger partial charge in [0.2, 0.25) is 5.88 Å². The summed E-state index contributed by atoms with van der Waals surface area (Å²) in [5.41, 5.74) is 3.52. The van der Waals surface area contributed by atoms with Gasteiger partial charge in [-0.1, -0.05) is 54.1 Å². The number of anilines is 1. The van der Waals surface area contributed by atoms with Crippen molar-refractivity contribution in [1.29, 1.82) is 0 Å². The zero-order valence-electron chi connectivity index (χ0n) is 23.4. The van der Waals surface area contributed by atoms with E-state index in [1.54, 1.807) is 61.9 Å². The van der Waals surface area contributed by atoms with Crippen molar-refractivity contribution in [3.8, 4) is 11.6 Å². The molecule has 214 valence electrons. The fraction of sp³-hybridized carbons (Fsp3) is 0.258. The largest absolute Gasteiger partial charge is 0.489 e. The predicted molar refractivity (Wildman–Crippen MR) is 157 cm³/mol. The van der Waals surface area contributed by atoms with Crippen LogP contribution in [0.15, 0.2) is 78.9 Å². The Labute approximate surface area is 244 Å². The smallest absolute Gasteiger partial charge is 0.414 e. The molecule has 10 heteroatoms. The molecule has 0 radical (unpaired) electrons. The van der Waals surface area contributed by atoms with Crippen LogP contribution in [0.2, 0.25) is 5.02 Å². The molecule has 0 aliphatic carbocycles. The molecular formula is C31H33ClN4O5. The second kappa shape index (κ2) is 13.2. The summed E-state index contributed by atoms with van der Waals surface area (Å²) >= 11 is 6.27. The number of carbonyl (C=O) groups excluding carboxylic acids is 2. The van der Waals surface area contributed by atoms with E-state index >= 15 is 0 Å². The molecule has 0 atom stereocenters. The molecule has 4 aromatic rings. The van der Waals surface area contributed by atoms with E-state index in [4.69, 9.17) is 25.8 Å². The number of nitrogens with zero attached hydrogens (tertiary/aromatic N) is 2. The van der Waals surface area contributed by atoms with Gasteiger partial charge < -0.3 is 19.5 Å². The number of aryl methyl sites for hydroxylation is 1. The van der Waals surface area contributed by atoms with Gasteiger partial charge in [0.05, 0.1) is 6.54 Å². The van der Waals surface area contributed by atoms with E-state index in [0.29, 0.717) is 29.6 Å². The van der Waals surface area contributed by atoms with Gasteiger partial charge in [0.25, 0.3) is 0 Å². The summed E-state index contributed by atoms with van der Waals surface area (Å²) in [6.07, 6.45) is -1.17. The maximum atomic E-state index is 12.4. The zero-order chi connectivity index (χ0) is 29.4. The van der Waals surface area contributed by atoms with E-state index in [0.717, 1.165) is 22.4 Å². The number of rotatable bonds is 9. The number of halogens is 1. The quantitative estimate of drug-likeness (QED) is 0.220. The SMILES string of the molecule is Cc1cc(OC(=O)NCc2ccc(NC(=O)OC(C)(C)C)cc2)nn1Cc1cc(Cl)ccc1OCc1ccccc1. The number of nitrogens with one attached hydrogen (secondary N) is 2. The lowest BCUT2D eigenvalue weighted by Gasteiger charge is -2.19. The highest BCUT2D eigenvalue weighted by molar-refractivity contribution is 6.30. The van der Waals surface area contributed by atoms with Gasteiger partial charge in [0, 0.05) is 34.6 Å². The van der Waals surface area contributed by atoms with Crippen LogP contribution in [0, 0.1) is 6.92 Å². The fourth-order valence-corrected chi connectivity index (χ4v) is 4.03. The third-order valence-corrected chi connectivity index (χ3v) is 6.01. The molecule has 0 saturated carbocycles. The number of ether oxygens (including phenoxy) is 3. The average molecular weight is 577 g/mol. The van der Waals surface area contributed by atoms with Crippen LogP contribution in [-0.2, 0) is 24.4 Å². The third-order valence-electron chi connectivity index (χ3n) is 5.77. The van der Waals surface area contributed by atoms with Crippen molar-refractivity contribution in [2.45, 2.75) is 53.0 Å². The predicted octanol–water partition coefficient (Wildman–Crippen LogP) is 7.11. The minimum atomic E-state index is -0.639. The lowest BCUT2D eigenvalue weighted by Crippen LogP contribution is -2.27. The number of carbonyl (C=O) groups is 2. The van der Waals surface area contributed by atoms with Crippen molar-refractivity contribution >= 4 is 29.5 Å². The molecule has 0 aliphatic rings. The summed E-state index contributed by atoms with van der Waals surface area (Å²) in [5.74, 6) is 0.867. The number of hydrogen-bond acceptors (Lipinski definition) is 6. The first-order chi connectivity index (χ1) is 19.5. The van der Waals surface area contributed by atoms with Crippen LogP contribution in [0.1, 0.15) is 43.2 Å². The van der Waals surface area contributed by atoms with Gasteiger partial charge in [-0.2, -0.15) is 0 Å². The van der Waals surface area contributed by atoms with E-state index in [-0.39, 0.29) is 12.4 Å². The number of benzene rings is 3. The van der Waals surface area contributed by atoms with Crippen LogP contribution in [0.3, 0.4) is 0 Å². The molecule has 0 bridgehead atoms. The van der Waals surface area contributed by atoms with Crippen molar-refractivity contribution in [3.63, 3.8) is 0 Å². The molecule has 1 aromatic heterocycles. The lowest BCUT2D eigenvalue weighted by atomic mass is 10.2. The van der Waals surface area contributed by atoms with Gasteiger partial charge in [-0.25, -0.2) is 9.59 Å². The molecule has 0 spiro atoms. The van der Waals surface area contributed by atoms with Crippen LogP contribution in [0.25, 0.3) is 0 Å². The van der Waals surface area contributed by atoms with Crippen molar-refractivity contribution in [3.05, 3.63) is 106 Å². The van der Waals surface area contributed by atoms with Crippen LogP contribution < -0.4 is 20.1 Å². The molecule has 3 aromatic carbocycles. The average Bonchev–Trinajstić information content (AvgIpc) is 3.25. The summed E-state index contributed by atoms with van der Waals surface area (Å²) in [6.45, 7) is 8.30. The number of amides is 2. The van der Waals surface area contributed by atoms with Gasteiger partial charge in [-0.15, -0.1) is 5.10 Å². The van der Waals surface area contributed by atoms with Crippen LogP contribution in [0.4, 0.5) is 15.3 Å². The zero-order valence-corrected chi connectivity index (χ0v) is 24.2. The van der Waals surface area contributed by atoms with Crippen molar-refractivity contribution in [1.82, 2.24) is 15.1 Å². The number of hydrogen-bond donors (Lipinski definition) is 2. The van der Waals surface area contributed by atoms with E-state index < -0.39 is 17.8 Å². The minimum absolute atomic E-state index is 0.172. The highest BCUT2D eigenvalue weighted by atomic mass is 35.5. The Balaban J connectivity index is 1.31. The first kappa shape index (κ1) is 29.5. The molecule has 4 rings (SSSR count). The Morgan fingerprint density at radius 1 is 0.927 bits per heavy atom. The normalized spacial score (nSPS) is 11.0. The van der Waals surface area contributed by atoms with Crippen LogP contribution in [-0.4, -0.2) is 27.6 Å². The molecule has 2 amide bonds. The van der Waals surface area contributed by atoms with E-state index in [1.807, 2.05) is 49.4 Å². The van der Waals surface area contributed by atoms with Gasteiger partial charge >= 0.3 is 12.2 Å². The maximum Gasteiger partial charge on any atom is 0.414 e. The summed E-state index contributed by atoms with van der Waals surface area (Å²) in [7, 11) is 0. The molecule has 9 nitrogen and oxygen atoms in total. The van der Waals surface area contributed by atoms with E-state index in [2.05, 4.69) is 15.7 Å². The Morgan fingerprint density at radius 3 is 2.37 bits per heavy atom. The third kappa shape index (κ3) is 9.29. The van der Waals surface area contributed by atoms with Crippen molar-refractivity contribution in [2.24, 2.45) is 0 Å². The number of aromatic nitrogens is 2. The van der Waals surface area contributed by atoms with E-state index in [9.17, 15) is 9.59 Å².